The summed E-state index contributed by atoms with van der Waals surface area (Å²) in [6, 6.07) is 10.9. The summed E-state index contributed by atoms with van der Waals surface area (Å²) < 4.78 is 0. The lowest BCUT2D eigenvalue weighted by Gasteiger charge is -2.16. The van der Waals surface area contributed by atoms with Gasteiger partial charge in [0.05, 0.1) is 11.7 Å². The molecule has 0 bridgehead atoms. The third-order valence-corrected chi connectivity index (χ3v) is 4.18. The van der Waals surface area contributed by atoms with Crippen LogP contribution in [0.4, 0.5) is 0 Å². The largest absolute Gasteiger partial charge is 0.311 e. The van der Waals surface area contributed by atoms with Crippen LogP contribution in [0.15, 0.2) is 35.7 Å². The Morgan fingerprint density at radius 3 is 2.42 bits per heavy atom. The van der Waals surface area contributed by atoms with Crippen LogP contribution in [0.5, 0.6) is 0 Å². The first-order chi connectivity index (χ1) is 9.00. The van der Waals surface area contributed by atoms with E-state index in [9.17, 15) is 0 Å². The van der Waals surface area contributed by atoms with Crippen LogP contribution < -0.4 is 5.32 Å². The van der Waals surface area contributed by atoms with Crippen LogP contribution >= 0.6 is 11.3 Å². The van der Waals surface area contributed by atoms with Crippen LogP contribution in [0.25, 0.3) is 0 Å². The van der Waals surface area contributed by atoms with Gasteiger partial charge in [-0.3, -0.25) is 0 Å². The number of hydrogen-bond donors (Lipinski definition) is 1. The first-order valence-electron chi connectivity index (χ1n) is 6.68. The van der Waals surface area contributed by atoms with Gasteiger partial charge in [0.15, 0.2) is 0 Å². The summed E-state index contributed by atoms with van der Waals surface area (Å²) >= 11 is 1.75. The Bertz CT molecular complexity index is 511. The minimum absolute atomic E-state index is 0.125. The molecule has 0 aliphatic rings. The summed E-state index contributed by atoms with van der Waals surface area (Å²) in [5, 5.41) is 6.74. The predicted octanol–water partition coefficient (Wildman–Crippen LogP) is 3.94. The molecule has 0 fully saturated rings. The molecule has 0 aliphatic carbocycles. The first-order valence-corrected chi connectivity index (χ1v) is 7.56. The molecule has 2 aromatic rings. The number of nitrogens with one attached hydrogen (secondary N) is 1. The van der Waals surface area contributed by atoms with E-state index in [0.29, 0.717) is 6.04 Å². The Hall–Kier alpha value is -1.19. The summed E-state index contributed by atoms with van der Waals surface area (Å²) in [6.07, 6.45) is 0.981. The topological polar surface area (TPSA) is 24.9 Å². The highest BCUT2D eigenvalue weighted by Gasteiger charge is 2.20. The fourth-order valence-electron chi connectivity index (χ4n) is 1.95. The molecule has 1 aromatic heterocycles. The summed E-state index contributed by atoms with van der Waals surface area (Å²) in [5.74, 6) is 0. The Kier molecular flexibility index (Phi) is 4.38. The van der Waals surface area contributed by atoms with Crippen LogP contribution in [0.3, 0.4) is 0 Å². The Morgan fingerprint density at radius 2 is 1.89 bits per heavy atom. The van der Waals surface area contributed by atoms with Gasteiger partial charge in [0.1, 0.15) is 5.01 Å². The van der Waals surface area contributed by atoms with E-state index in [1.807, 2.05) is 7.05 Å². The zero-order chi connectivity index (χ0) is 13.9. The van der Waals surface area contributed by atoms with Crippen molar-refractivity contribution in [2.75, 3.05) is 7.05 Å². The third kappa shape index (κ3) is 3.64. The molecule has 102 valence electrons. The van der Waals surface area contributed by atoms with E-state index in [-0.39, 0.29) is 5.41 Å². The minimum Gasteiger partial charge on any atom is -0.311 e. The number of thiazole rings is 1. The van der Waals surface area contributed by atoms with Crippen molar-refractivity contribution in [2.24, 2.45) is 0 Å². The van der Waals surface area contributed by atoms with E-state index in [2.05, 4.69) is 61.8 Å². The van der Waals surface area contributed by atoms with Crippen molar-refractivity contribution in [3.63, 3.8) is 0 Å². The molecule has 0 saturated heterocycles. The highest BCUT2D eigenvalue weighted by molar-refractivity contribution is 7.09. The van der Waals surface area contributed by atoms with Gasteiger partial charge in [0.25, 0.3) is 0 Å². The first kappa shape index (κ1) is 14.2. The van der Waals surface area contributed by atoms with Gasteiger partial charge >= 0.3 is 0 Å². The second-order valence-corrected chi connectivity index (χ2v) is 6.74. The molecule has 0 amide bonds. The number of rotatable bonds is 4. The molecule has 0 saturated carbocycles. The van der Waals surface area contributed by atoms with Gasteiger partial charge in [0, 0.05) is 10.8 Å². The molecule has 1 heterocycles. The van der Waals surface area contributed by atoms with Gasteiger partial charge < -0.3 is 5.32 Å². The summed E-state index contributed by atoms with van der Waals surface area (Å²) in [7, 11) is 2.01. The average molecular weight is 274 g/mol. The van der Waals surface area contributed by atoms with E-state index >= 15 is 0 Å². The third-order valence-electron chi connectivity index (χ3n) is 3.22. The van der Waals surface area contributed by atoms with Crippen molar-refractivity contribution < 1.29 is 0 Å². The number of nitrogens with zero attached hydrogens (tertiary/aromatic N) is 1. The van der Waals surface area contributed by atoms with Gasteiger partial charge in [-0.1, -0.05) is 51.1 Å². The number of hydrogen-bond acceptors (Lipinski definition) is 3. The maximum Gasteiger partial charge on any atom is 0.110 e. The van der Waals surface area contributed by atoms with E-state index in [0.717, 1.165) is 6.42 Å². The number of likely N-dealkylation sites (N-methyl/N-ethyl adjacent to an activating group) is 1. The van der Waals surface area contributed by atoms with Gasteiger partial charge in [-0.05, 0) is 19.0 Å². The molecule has 2 nitrogen and oxygen atoms in total. The van der Waals surface area contributed by atoms with Gasteiger partial charge in [-0.25, -0.2) is 4.98 Å². The molecule has 0 aliphatic heterocycles. The second kappa shape index (κ2) is 5.85. The van der Waals surface area contributed by atoms with Crippen molar-refractivity contribution in [1.82, 2.24) is 10.3 Å². The summed E-state index contributed by atoms with van der Waals surface area (Å²) in [4.78, 5) is 4.80. The number of aromatic nitrogens is 1. The Balaban J connectivity index is 2.16. The molecular formula is C16H22N2S. The van der Waals surface area contributed by atoms with Crippen LogP contribution in [0.2, 0.25) is 0 Å². The van der Waals surface area contributed by atoms with Gasteiger partial charge in [-0.15, -0.1) is 11.3 Å². The van der Waals surface area contributed by atoms with Crippen LogP contribution in [-0.2, 0) is 11.8 Å². The highest BCUT2D eigenvalue weighted by atomic mass is 32.1. The van der Waals surface area contributed by atoms with Crippen LogP contribution in [0.1, 0.15) is 43.1 Å². The second-order valence-electron chi connectivity index (χ2n) is 5.85. The molecular weight excluding hydrogens is 252 g/mol. The van der Waals surface area contributed by atoms with Crippen molar-refractivity contribution in [2.45, 2.75) is 38.6 Å². The van der Waals surface area contributed by atoms with Crippen molar-refractivity contribution in [3.05, 3.63) is 52.0 Å². The fraction of sp³-hybridized carbons (Fsp3) is 0.438. The van der Waals surface area contributed by atoms with E-state index in [1.54, 1.807) is 11.3 Å². The molecule has 1 atom stereocenters. The standard InChI is InChI=1S/C16H22N2S/c1-16(2,3)14-11-19-15(18-14)13(17-4)10-12-8-6-5-7-9-12/h5-9,11,13,17H,10H2,1-4H3. The van der Waals surface area contributed by atoms with Crippen molar-refractivity contribution in [3.8, 4) is 0 Å². The maximum atomic E-state index is 4.80. The molecule has 0 spiro atoms. The minimum atomic E-state index is 0.125. The van der Waals surface area contributed by atoms with Crippen LogP contribution in [0, 0.1) is 0 Å². The molecule has 2 rings (SSSR count). The zero-order valence-electron chi connectivity index (χ0n) is 12.1. The molecule has 1 N–H and O–H groups in total. The molecule has 19 heavy (non-hydrogen) atoms. The Labute approximate surface area is 119 Å². The van der Waals surface area contributed by atoms with Crippen LogP contribution in [-0.4, -0.2) is 12.0 Å². The predicted molar refractivity (Wildman–Crippen MR) is 82.8 cm³/mol. The lowest BCUT2D eigenvalue weighted by molar-refractivity contribution is 0.552. The van der Waals surface area contributed by atoms with Crippen molar-refractivity contribution >= 4 is 11.3 Å². The quantitative estimate of drug-likeness (QED) is 0.913. The Morgan fingerprint density at radius 1 is 1.21 bits per heavy atom. The van der Waals surface area contributed by atoms with E-state index in [1.165, 1.54) is 16.3 Å². The van der Waals surface area contributed by atoms with Gasteiger partial charge in [0.2, 0.25) is 0 Å². The highest BCUT2D eigenvalue weighted by Crippen LogP contribution is 2.28. The maximum absolute atomic E-state index is 4.80. The van der Waals surface area contributed by atoms with Gasteiger partial charge in [-0.2, -0.15) is 0 Å². The lowest BCUT2D eigenvalue weighted by atomic mass is 9.93. The SMILES string of the molecule is CNC(Cc1ccccc1)c1nc(C(C)(C)C)cs1. The monoisotopic (exact) mass is 274 g/mol. The normalized spacial score (nSPS) is 13.5. The van der Waals surface area contributed by atoms with Crippen molar-refractivity contribution in [1.29, 1.82) is 0 Å². The number of benzene rings is 1. The molecule has 3 heteroatoms. The molecule has 0 radical (unpaired) electrons. The average Bonchev–Trinajstić information content (AvgIpc) is 2.86. The summed E-state index contributed by atoms with van der Waals surface area (Å²) in [5.41, 5.74) is 2.65. The van der Waals surface area contributed by atoms with E-state index < -0.39 is 0 Å². The molecule has 1 aromatic carbocycles. The smallest absolute Gasteiger partial charge is 0.110 e. The summed E-state index contributed by atoms with van der Waals surface area (Å²) in [6.45, 7) is 6.62. The molecule has 1 unspecified atom stereocenters. The fourth-order valence-corrected chi connectivity index (χ4v) is 3.11. The van der Waals surface area contributed by atoms with E-state index in [4.69, 9.17) is 4.98 Å². The zero-order valence-corrected chi connectivity index (χ0v) is 12.9. The lowest BCUT2D eigenvalue weighted by Crippen LogP contribution is -2.19.